The van der Waals surface area contributed by atoms with E-state index in [9.17, 15) is 4.79 Å². The Morgan fingerprint density at radius 1 is 1.33 bits per heavy atom. The van der Waals surface area contributed by atoms with Gasteiger partial charge in [0, 0.05) is 38.0 Å². The minimum atomic E-state index is 0.348. The van der Waals surface area contributed by atoms with Gasteiger partial charge in [0.15, 0.2) is 0 Å². The molecule has 24 heavy (non-hydrogen) atoms. The van der Waals surface area contributed by atoms with Gasteiger partial charge in [0.1, 0.15) is 5.75 Å². The molecule has 2 atom stereocenters. The molecule has 4 rings (SSSR count). The highest BCUT2D eigenvalue weighted by molar-refractivity contribution is 5.81. The second-order valence-electron chi connectivity index (χ2n) is 7.54. The van der Waals surface area contributed by atoms with Crippen LogP contribution in [-0.4, -0.2) is 36.5 Å². The fourth-order valence-electron chi connectivity index (χ4n) is 4.10. The van der Waals surface area contributed by atoms with Gasteiger partial charge in [0.05, 0.1) is 6.61 Å². The average molecular weight is 328 g/mol. The number of piperidine rings is 1. The molecule has 0 aromatic heterocycles. The first-order valence-corrected chi connectivity index (χ1v) is 9.51. The second kappa shape index (κ2) is 6.75. The standard InChI is InChI=1S/C20H28N2O2/c1-2-15-13-22(20(23)16-4-5-16)9-7-18(15)21-12-14-3-6-19-17(11-14)8-10-24-19/h3,6,11,15-16,18,21H,2,4-5,7-10,12-13H2,1H3. The Kier molecular flexibility index (Phi) is 4.49. The minimum absolute atomic E-state index is 0.348. The van der Waals surface area contributed by atoms with E-state index in [2.05, 4.69) is 35.3 Å². The summed E-state index contributed by atoms with van der Waals surface area (Å²) in [5, 5.41) is 3.76. The van der Waals surface area contributed by atoms with Gasteiger partial charge in [0.25, 0.3) is 0 Å². The lowest BCUT2D eigenvalue weighted by Gasteiger charge is -2.39. The van der Waals surface area contributed by atoms with E-state index in [4.69, 9.17) is 4.74 Å². The van der Waals surface area contributed by atoms with Crippen LogP contribution in [0, 0.1) is 11.8 Å². The summed E-state index contributed by atoms with van der Waals surface area (Å²) < 4.78 is 5.58. The van der Waals surface area contributed by atoms with E-state index in [0.717, 1.165) is 64.1 Å². The minimum Gasteiger partial charge on any atom is -0.493 e. The van der Waals surface area contributed by atoms with Crippen molar-refractivity contribution in [1.82, 2.24) is 10.2 Å². The second-order valence-corrected chi connectivity index (χ2v) is 7.54. The molecule has 4 nitrogen and oxygen atoms in total. The van der Waals surface area contributed by atoms with Crippen molar-refractivity contribution in [2.24, 2.45) is 11.8 Å². The summed E-state index contributed by atoms with van der Waals surface area (Å²) in [7, 11) is 0. The molecule has 3 aliphatic rings. The molecule has 2 aliphatic heterocycles. The van der Waals surface area contributed by atoms with Gasteiger partial charge < -0.3 is 15.0 Å². The van der Waals surface area contributed by atoms with Crippen LogP contribution in [-0.2, 0) is 17.8 Å². The summed E-state index contributed by atoms with van der Waals surface area (Å²) in [6, 6.07) is 7.07. The molecular weight excluding hydrogens is 300 g/mol. The number of carbonyl (C=O) groups excluding carboxylic acids is 1. The number of nitrogens with zero attached hydrogens (tertiary/aromatic N) is 1. The van der Waals surface area contributed by atoms with Gasteiger partial charge in [0.2, 0.25) is 5.91 Å². The van der Waals surface area contributed by atoms with Gasteiger partial charge in [-0.05, 0) is 42.4 Å². The largest absolute Gasteiger partial charge is 0.493 e. The van der Waals surface area contributed by atoms with E-state index in [-0.39, 0.29) is 0 Å². The summed E-state index contributed by atoms with van der Waals surface area (Å²) in [4.78, 5) is 14.4. The van der Waals surface area contributed by atoms with Crippen LogP contribution in [0.25, 0.3) is 0 Å². The molecule has 2 unspecified atom stereocenters. The predicted octanol–water partition coefficient (Wildman–Crippen LogP) is 2.75. The smallest absolute Gasteiger partial charge is 0.225 e. The van der Waals surface area contributed by atoms with E-state index in [0.29, 0.717) is 23.8 Å². The number of fused-ring (bicyclic) bond motifs is 1. The summed E-state index contributed by atoms with van der Waals surface area (Å²) >= 11 is 0. The number of benzene rings is 1. The Labute approximate surface area is 144 Å². The zero-order valence-corrected chi connectivity index (χ0v) is 14.6. The first kappa shape index (κ1) is 15.9. The number of amides is 1. The van der Waals surface area contributed by atoms with Gasteiger partial charge in [-0.3, -0.25) is 4.79 Å². The highest BCUT2D eigenvalue weighted by Gasteiger charge is 2.37. The molecule has 0 radical (unpaired) electrons. The Bertz CT molecular complexity index is 612. The molecule has 1 N–H and O–H groups in total. The Morgan fingerprint density at radius 2 is 2.21 bits per heavy atom. The maximum Gasteiger partial charge on any atom is 0.225 e. The molecule has 1 aromatic carbocycles. The molecule has 1 amide bonds. The van der Waals surface area contributed by atoms with Crippen LogP contribution in [0.1, 0.15) is 43.7 Å². The Morgan fingerprint density at radius 3 is 3.00 bits per heavy atom. The van der Waals surface area contributed by atoms with Crippen LogP contribution in [0.2, 0.25) is 0 Å². The number of nitrogens with one attached hydrogen (secondary N) is 1. The Balaban J connectivity index is 1.33. The zero-order valence-electron chi connectivity index (χ0n) is 14.6. The van der Waals surface area contributed by atoms with Gasteiger partial charge in [-0.1, -0.05) is 25.5 Å². The molecule has 0 spiro atoms. The summed E-state index contributed by atoms with van der Waals surface area (Å²) in [6.45, 7) is 5.82. The van der Waals surface area contributed by atoms with Crippen LogP contribution in [0.3, 0.4) is 0 Å². The number of ether oxygens (including phenoxy) is 1. The van der Waals surface area contributed by atoms with Crippen molar-refractivity contribution >= 4 is 5.91 Å². The molecule has 1 saturated heterocycles. The first-order chi connectivity index (χ1) is 11.7. The maximum absolute atomic E-state index is 12.3. The van der Waals surface area contributed by atoms with E-state index < -0.39 is 0 Å². The average Bonchev–Trinajstić information content (AvgIpc) is 3.36. The molecule has 1 aliphatic carbocycles. The lowest BCUT2D eigenvalue weighted by atomic mass is 9.89. The molecule has 2 fully saturated rings. The third-order valence-corrected chi connectivity index (χ3v) is 5.82. The van der Waals surface area contributed by atoms with E-state index in [1.165, 1.54) is 11.1 Å². The summed E-state index contributed by atoms with van der Waals surface area (Å²) in [5.74, 6) is 2.38. The van der Waals surface area contributed by atoms with E-state index >= 15 is 0 Å². The van der Waals surface area contributed by atoms with E-state index in [1.54, 1.807) is 0 Å². The van der Waals surface area contributed by atoms with Crippen molar-refractivity contribution in [3.05, 3.63) is 29.3 Å². The molecule has 1 aromatic rings. The lowest BCUT2D eigenvalue weighted by Crippen LogP contribution is -2.51. The number of carbonyl (C=O) groups is 1. The monoisotopic (exact) mass is 328 g/mol. The van der Waals surface area contributed by atoms with Crippen molar-refractivity contribution in [2.75, 3.05) is 19.7 Å². The number of hydrogen-bond acceptors (Lipinski definition) is 3. The van der Waals surface area contributed by atoms with E-state index in [1.807, 2.05) is 0 Å². The normalized spacial score (nSPS) is 26.1. The SMILES string of the molecule is CCC1CN(C(=O)C2CC2)CCC1NCc1ccc2c(c1)CCO2. The van der Waals surface area contributed by atoms with Crippen molar-refractivity contribution in [3.63, 3.8) is 0 Å². The number of hydrogen-bond donors (Lipinski definition) is 1. The molecule has 0 bridgehead atoms. The third-order valence-electron chi connectivity index (χ3n) is 5.82. The van der Waals surface area contributed by atoms with Crippen molar-refractivity contribution in [3.8, 4) is 5.75 Å². The highest BCUT2D eigenvalue weighted by Crippen LogP contribution is 2.33. The molecule has 2 heterocycles. The molecular formula is C20H28N2O2. The number of rotatable bonds is 5. The lowest BCUT2D eigenvalue weighted by molar-refractivity contribution is -0.134. The summed E-state index contributed by atoms with van der Waals surface area (Å²) in [5.41, 5.74) is 2.68. The highest BCUT2D eigenvalue weighted by atomic mass is 16.5. The zero-order chi connectivity index (χ0) is 16.5. The quantitative estimate of drug-likeness (QED) is 0.904. The third kappa shape index (κ3) is 3.30. The fourth-order valence-corrected chi connectivity index (χ4v) is 4.10. The van der Waals surface area contributed by atoms with Crippen molar-refractivity contribution < 1.29 is 9.53 Å². The van der Waals surface area contributed by atoms with Crippen molar-refractivity contribution in [1.29, 1.82) is 0 Å². The van der Waals surface area contributed by atoms with Gasteiger partial charge in [-0.25, -0.2) is 0 Å². The van der Waals surface area contributed by atoms with Crippen LogP contribution < -0.4 is 10.1 Å². The Hall–Kier alpha value is -1.55. The first-order valence-electron chi connectivity index (χ1n) is 9.51. The number of likely N-dealkylation sites (tertiary alicyclic amines) is 1. The van der Waals surface area contributed by atoms with Crippen LogP contribution in [0.5, 0.6) is 5.75 Å². The van der Waals surface area contributed by atoms with Crippen molar-refractivity contribution in [2.45, 2.75) is 51.6 Å². The summed E-state index contributed by atoms with van der Waals surface area (Å²) in [6.07, 6.45) is 5.45. The predicted molar refractivity (Wildman–Crippen MR) is 94.0 cm³/mol. The van der Waals surface area contributed by atoms with Gasteiger partial charge in [-0.15, -0.1) is 0 Å². The molecule has 1 saturated carbocycles. The van der Waals surface area contributed by atoms with Crippen LogP contribution in [0.4, 0.5) is 0 Å². The van der Waals surface area contributed by atoms with Crippen LogP contribution >= 0.6 is 0 Å². The van der Waals surface area contributed by atoms with Gasteiger partial charge >= 0.3 is 0 Å². The van der Waals surface area contributed by atoms with Gasteiger partial charge in [-0.2, -0.15) is 0 Å². The van der Waals surface area contributed by atoms with Crippen LogP contribution in [0.15, 0.2) is 18.2 Å². The molecule has 4 heteroatoms. The molecule has 130 valence electrons. The maximum atomic E-state index is 12.3. The topological polar surface area (TPSA) is 41.6 Å². The fraction of sp³-hybridized carbons (Fsp3) is 0.650.